The zero-order valence-corrected chi connectivity index (χ0v) is 11.0. The van der Waals surface area contributed by atoms with Crippen LogP contribution in [0.25, 0.3) is 0 Å². The number of nitrogens with zero attached hydrogens (tertiary/aromatic N) is 1. The number of carbonyl (C=O) groups is 1. The van der Waals surface area contributed by atoms with Crippen molar-refractivity contribution in [3.63, 3.8) is 0 Å². The second-order valence-electron chi connectivity index (χ2n) is 4.11. The van der Waals surface area contributed by atoms with Crippen molar-refractivity contribution in [2.75, 3.05) is 11.1 Å². The van der Waals surface area contributed by atoms with E-state index >= 15 is 0 Å². The zero-order chi connectivity index (χ0) is 13.3. The quantitative estimate of drug-likeness (QED) is 0.875. The largest absolute Gasteiger partial charge is 0.397 e. The summed E-state index contributed by atoms with van der Waals surface area (Å²) >= 11 is 5.78. The lowest BCUT2D eigenvalue weighted by Gasteiger charge is -2.08. The third-order valence-corrected chi connectivity index (χ3v) is 3.07. The highest BCUT2D eigenvalue weighted by molar-refractivity contribution is 6.30. The van der Waals surface area contributed by atoms with Gasteiger partial charge in [-0.15, -0.1) is 0 Å². The molecule has 0 atom stereocenters. The Balaban J connectivity index is 2.24. The van der Waals surface area contributed by atoms with E-state index in [1.165, 1.54) is 0 Å². The van der Waals surface area contributed by atoms with Gasteiger partial charge in [-0.1, -0.05) is 11.6 Å². The molecule has 0 radical (unpaired) electrons. The highest BCUT2D eigenvalue weighted by atomic mass is 35.5. The first-order valence-electron chi connectivity index (χ1n) is 5.47. The van der Waals surface area contributed by atoms with Gasteiger partial charge in [0.2, 0.25) is 0 Å². The predicted molar refractivity (Wildman–Crippen MR) is 74.0 cm³/mol. The fourth-order valence-electron chi connectivity index (χ4n) is 1.77. The Labute approximate surface area is 110 Å². The number of hydrogen-bond acceptors (Lipinski definition) is 2. The average molecular weight is 264 g/mol. The van der Waals surface area contributed by atoms with Crippen LogP contribution in [0.3, 0.4) is 0 Å². The molecule has 3 N–H and O–H groups in total. The molecule has 1 aromatic heterocycles. The minimum Gasteiger partial charge on any atom is -0.397 e. The van der Waals surface area contributed by atoms with Gasteiger partial charge in [0.05, 0.1) is 5.69 Å². The molecule has 1 amide bonds. The van der Waals surface area contributed by atoms with Gasteiger partial charge in [0.15, 0.2) is 0 Å². The molecular weight excluding hydrogens is 250 g/mol. The average Bonchev–Trinajstić information content (AvgIpc) is 2.56. The SMILES string of the molecule is Cc1cc(N)c(C(=O)Nc2ccc(Cl)cc2)n1C. The number of aromatic nitrogens is 1. The number of carbonyl (C=O) groups excluding carboxylic acids is 1. The Kier molecular flexibility index (Phi) is 3.30. The maximum Gasteiger partial charge on any atom is 0.274 e. The molecule has 0 aliphatic carbocycles. The lowest BCUT2D eigenvalue weighted by atomic mass is 10.3. The summed E-state index contributed by atoms with van der Waals surface area (Å²) in [6.45, 7) is 1.90. The van der Waals surface area contributed by atoms with Crippen LogP contribution in [-0.4, -0.2) is 10.5 Å². The number of aryl methyl sites for hydroxylation is 1. The summed E-state index contributed by atoms with van der Waals surface area (Å²) in [5, 5.41) is 3.41. The van der Waals surface area contributed by atoms with Crippen LogP contribution in [0.1, 0.15) is 16.2 Å². The summed E-state index contributed by atoms with van der Waals surface area (Å²) in [7, 11) is 1.81. The van der Waals surface area contributed by atoms with Gasteiger partial charge in [0.1, 0.15) is 5.69 Å². The van der Waals surface area contributed by atoms with Crippen molar-refractivity contribution >= 4 is 28.9 Å². The van der Waals surface area contributed by atoms with Crippen molar-refractivity contribution in [2.24, 2.45) is 7.05 Å². The van der Waals surface area contributed by atoms with E-state index in [0.717, 1.165) is 5.69 Å². The molecule has 18 heavy (non-hydrogen) atoms. The third kappa shape index (κ3) is 2.33. The summed E-state index contributed by atoms with van der Waals surface area (Å²) in [5.41, 5.74) is 8.37. The Bertz CT molecular complexity index is 587. The van der Waals surface area contributed by atoms with Gasteiger partial charge >= 0.3 is 0 Å². The molecule has 2 rings (SSSR count). The Morgan fingerprint density at radius 2 is 1.94 bits per heavy atom. The van der Waals surface area contributed by atoms with Crippen molar-refractivity contribution in [1.29, 1.82) is 0 Å². The third-order valence-electron chi connectivity index (χ3n) is 2.82. The van der Waals surface area contributed by atoms with Crippen LogP contribution in [0, 0.1) is 6.92 Å². The molecule has 0 bridgehead atoms. The molecule has 0 saturated carbocycles. The van der Waals surface area contributed by atoms with E-state index in [9.17, 15) is 4.79 Å². The summed E-state index contributed by atoms with van der Waals surface area (Å²) in [4.78, 5) is 12.1. The normalized spacial score (nSPS) is 10.4. The molecule has 94 valence electrons. The van der Waals surface area contributed by atoms with E-state index in [1.807, 2.05) is 14.0 Å². The van der Waals surface area contributed by atoms with E-state index in [4.69, 9.17) is 17.3 Å². The molecule has 1 heterocycles. The topological polar surface area (TPSA) is 60.1 Å². The van der Waals surface area contributed by atoms with Gasteiger partial charge in [-0.25, -0.2) is 0 Å². The van der Waals surface area contributed by atoms with Crippen LogP contribution in [0.15, 0.2) is 30.3 Å². The first-order valence-corrected chi connectivity index (χ1v) is 5.85. The minimum atomic E-state index is -0.231. The van der Waals surface area contributed by atoms with Crippen molar-refractivity contribution in [3.8, 4) is 0 Å². The second-order valence-corrected chi connectivity index (χ2v) is 4.55. The Morgan fingerprint density at radius 1 is 1.33 bits per heavy atom. The number of anilines is 2. The van der Waals surface area contributed by atoms with Crippen molar-refractivity contribution in [3.05, 3.63) is 46.7 Å². The minimum absolute atomic E-state index is 0.231. The first-order chi connectivity index (χ1) is 8.49. The molecule has 0 aliphatic rings. The molecule has 0 spiro atoms. The number of nitrogen functional groups attached to an aromatic ring is 1. The fourth-order valence-corrected chi connectivity index (χ4v) is 1.89. The molecule has 4 nitrogen and oxygen atoms in total. The van der Waals surface area contributed by atoms with E-state index < -0.39 is 0 Å². The number of nitrogens with two attached hydrogens (primary N) is 1. The molecule has 0 saturated heterocycles. The molecule has 0 aliphatic heterocycles. The van der Waals surface area contributed by atoms with Gasteiger partial charge in [-0.2, -0.15) is 0 Å². The lowest BCUT2D eigenvalue weighted by molar-refractivity contribution is 0.102. The van der Waals surface area contributed by atoms with Gasteiger partial charge in [-0.05, 0) is 37.3 Å². The smallest absolute Gasteiger partial charge is 0.274 e. The van der Waals surface area contributed by atoms with Crippen LogP contribution in [0.4, 0.5) is 11.4 Å². The van der Waals surface area contributed by atoms with Gasteiger partial charge in [0.25, 0.3) is 5.91 Å². The highest BCUT2D eigenvalue weighted by Crippen LogP contribution is 2.19. The number of amides is 1. The molecular formula is C13H14ClN3O. The number of hydrogen-bond donors (Lipinski definition) is 2. The monoisotopic (exact) mass is 263 g/mol. The highest BCUT2D eigenvalue weighted by Gasteiger charge is 2.15. The summed E-state index contributed by atoms with van der Waals surface area (Å²) in [6, 6.07) is 8.70. The maximum absolute atomic E-state index is 12.1. The molecule has 2 aromatic rings. The Morgan fingerprint density at radius 3 is 2.44 bits per heavy atom. The second kappa shape index (κ2) is 4.74. The molecule has 5 heteroatoms. The number of rotatable bonds is 2. The lowest BCUT2D eigenvalue weighted by Crippen LogP contribution is -2.17. The Hall–Kier alpha value is -1.94. The number of halogens is 1. The summed E-state index contributed by atoms with van der Waals surface area (Å²) in [5.74, 6) is -0.231. The van der Waals surface area contributed by atoms with Crippen molar-refractivity contribution < 1.29 is 4.79 Å². The van der Waals surface area contributed by atoms with Crippen LogP contribution < -0.4 is 11.1 Å². The van der Waals surface area contributed by atoms with Crippen LogP contribution >= 0.6 is 11.6 Å². The fraction of sp³-hybridized carbons (Fsp3) is 0.154. The van der Waals surface area contributed by atoms with Gasteiger partial charge in [0, 0.05) is 23.5 Å². The van der Waals surface area contributed by atoms with E-state index in [1.54, 1.807) is 34.9 Å². The van der Waals surface area contributed by atoms with E-state index in [2.05, 4.69) is 5.32 Å². The first kappa shape index (κ1) is 12.5. The summed E-state index contributed by atoms with van der Waals surface area (Å²) in [6.07, 6.45) is 0. The van der Waals surface area contributed by atoms with Crippen LogP contribution in [0.2, 0.25) is 5.02 Å². The standard InChI is InChI=1S/C13H14ClN3O/c1-8-7-11(15)12(17(8)2)13(18)16-10-5-3-9(14)4-6-10/h3-7H,15H2,1-2H3,(H,16,18). The summed E-state index contributed by atoms with van der Waals surface area (Å²) < 4.78 is 1.76. The number of nitrogens with one attached hydrogen (secondary N) is 1. The van der Waals surface area contributed by atoms with Gasteiger partial charge < -0.3 is 15.6 Å². The molecule has 0 fully saturated rings. The van der Waals surface area contributed by atoms with Crippen LogP contribution in [-0.2, 0) is 7.05 Å². The van der Waals surface area contributed by atoms with E-state index in [0.29, 0.717) is 22.1 Å². The van der Waals surface area contributed by atoms with Crippen molar-refractivity contribution in [1.82, 2.24) is 4.57 Å². The van der Waals surface area contributed by atoms with E-state index in [-0.39, 0.29) is 5.91 Å². The molecule has 1 aromatic carbocycles. The predicted octanol–water partition coefficient (Wildman–Crippen LogP) is 2.82. The van der Waals surface area contributed by atoms with Crippen LogP contribution in [0.5, 0.6) is 0 Å². The number of benzene rings is 1. The van der Waals surface area contributed by atoms with Gasteiger partial charge in [-0.3, -0.25) is 4.79 Å². The zero-order valence-electron chi connectivity index (χ0n) is 10.2. The van der Waals surface area contributed by atoms with Crippen molar-refractivity contribution in [2.45, 2.75) is 6.92 Å². The maximum atomic E-state index is 12.1. The molecule has 0 unspecified atom stereocenters.